The molecule has 2 aliphatic rings. The van der Waals surface area contributed by atoms with Gasteiger partial charge in [-0.3, -0.25) is 4.21 Å². The monoisotopic (exact) mass is 296 g/mol. The summed E-state index contributed by atoms with van der Waals surface area (Å²) in [4.78, 5) is 1.05. The highest BCUT2D eigenvalue weighted by Gasteiger charge is 2.25. The standard InChI is InChI=1S/C19H20OS/c20-21-11-10-17(14-6-2-1-3-7-14)18-12-15-8-4-5-9-16(15)13-19(18)21/h4-5,8-10,12-14H,1-3,6-7,11H2. The van der Waals surface area contributed by atoms with Crippen LogP contribution in [0.15, 0.2) is 47.4 Å². The first-order chi connectivity index (χ1) is 10.3. The van der Waals surface area contributed by atoms with Gasteiger partial charge in [-0.2, -0.15) is 0 Å². The Morgan fingerprint density at radius 1 is 0.952 bits per heavy atom. The Morgan fingerprint density at radius 3 is 2.43 bits per heavy atom. The Labute approximate surface area is 128 Å². The van der Waals surface area contributed by atoms with Gasteiger partial charge < -0.3 is 0 Å². The summed E-state index contributed by atoms with van der Waals surface area (Å²) in [5.41, 5.74) is 2.72. The second-order valence-electron chi connectivity index (χ2n) is 6.20. The summed E-state index contributed by atoms with van der Waals surface area (Å²) < 4.78 is 12.4. The number of hydrogen-bond acceptors (Lipinski definition) is 1. The van der Waals surface area contributed by atoms with Crippen LogP contribution < -0.4 is 0 Å². The van der Waals surface area contributed by atoms with Crippen molar-refractivity contribution in [3.8, 4) is 0 Å². The molecule has 1 fully saturated rings. The van der Waals surface area contributed by atoms with E-state index in [9.17, 15) is 4.21 Å². The average Bonchev–Trinajstić information content (AvgIpc) is 2.55. The summed E-state index contributed by atoms with van der Waals surface area (Å²) in [6, 6.07) is 12.8. The first-order valence-electron chi connectivity index (χ1n) is 7.94. The molecule has 0 radical (unpaired) electrons. The fraction of sp³-hybridized carbons (Fsp3) is 0.368. The van der Waals surface area contributed by atoms with Crippen molar-refractivity contribution < 1.29 is 4.21 Å². The lowest BCUT2D eigenvalue weighted by Gasteiger charge is -2.28. The van der Waals surface area contributed by atoms with E-state index in [2.05, 4.69) is 42.5 Å². The first kappa shape index (κ1) is 13.3. The Bertz CT molecular complexity index is 738. The zero-order chi connectivity index (χ0) is 14.2. The molecular weight excluding hydrogens is 276 g/mol. The molecule has 21 heavy (non-hydrogen) atoms. The quantitative estimate of drug-likeness (QED) is 0.729. The van der Waals surface area contributed by atoms with Crippen LogP contribution in [0.4, 0.5) is 0 Å². The molecule has 1 aliphatic heterocycles. The highest BCUT2D eigenvalue weighted by Crippen LogP contribution is 2.40. The van der Waals surface area contributed by atoms with E-state index in [4.69, 9.17) is 0 Å². The highest BCUT2D eigenvalue weighted by atomic mass is 32.2. The van der Waals surface area contributed by atoms with Crippen molar-refractivity contribution in [2.75, 3.05) is 5.75 Å². The molecule has 0 aromatic heterocycles. The van der Waals surface area contributed by atoms with Crippen molar-refractivity contribution in [1.29, 1.82) is 0 Å². The molecule has 1 aliphatic carbocycles. The molecule has 0 bridgehead atoms. The molecule has 0 N–H and O–H groups in total. The Kier molecular flexibility index (Phi) is 3.42. The molecule has 108 valence electrons. The molecule has 4 rings (SSSR count). The topological polar surface area (TPSA) is 17.1 Å². The van der Waals surface area contributed by atoms with Crippen LogP contribution in [0.25, 0.3) is 16.3 Å². The molecule has 2 aromatic carbocycles. The van der Waals surface area contributed by atoms with Gasteiger partial charge in [0.25, 0.3) is 0 Å². The normalized spacial score (nSPS) is 22.9. The van der Waals surface area contributed by atoms with Gasteiger partial charge in [0.2, 0.25) is 0 Å². The molecule has 1 unspecified atom stereocenters. The molecule has 2 heteroatoms. The van der Waals surface area contributed by atoms with E-state index in [1.165, 1.54) is 54.0 Å². The first-order valence-corrected chi connectivity index (χ1v) is 9.26. The number of allylic oxidation sites excluding steroid dienone is 1. The summed E-state index contributed by atoms with van der Waals surface area (Å²) in [6.07, 6.45) is 8.90. The summed E-state index contributed by atoms with van der Waals surface area (Å²) in [6.45, 7) is 0. The summed E-state index contributed by atoms with van der Waals surface area (Å²) in [5, 5.41) is 2.46. The average molecular weight is 296 g/mol. The number of hydrogen-bond donors (Lipinski definition) is 0. The van der Waals surface area contributed by atoms with Gasteiger partial charge >= 0.3 is 0 Å². The Morgan fingerprint density at radius 2 is 1.67 bits per heavy atom. The molecule has 0 saturated heterocycles. The molecule has 1 saturated carbocycles. The highest BCUT2D eigenvalue weighted by molar-refractivity contribution is 7.85. The SMILES string of the molecule is O=S1CC=C(C2CCCCC2)c2cc3ccccc3cc21. The Hall–Kier alpha value is -1.41. The van der Waals surface area contributed by atoms with Gasteiger partial charge in [0.05, 0.1) is 10.8 Å². The van der Waals surface area contributed by atoms with Crippen LogP contribution in [0.1, 0.15) is 37.7 Å². The van der Waals surface area contributed by atoms with Gasteiger partial charge in [0, 0.05) is 10.6 Å². The third-order valence-corrected chi connectivity index (χ3v) is 6.20. The minimum Gasteiger partial charge on any atom is -0.254 e. The molecule has 2 aromatic rings. The lowest BCUT2D eigenvalue weighted by atomic mass is 9.80. The van der Waals surface area contributed by atoms with Crippen molar-refractivity contribution >= 4 is 27.1 Å². The number of benzene rings is 2. The predicted octanol–water partition coefficient (Wildman–Crippen LogP) is 4.92. The maximum absolute atomic E-state index is 12.4. The smallest absolute Gasteiger partial charge is 0.0574 e. The van der Waals surface area contributed by atoms with Crippen LogP contribution in [0.3, 0.4) is 0 Å². The van der Waals surface area contributed by atoms with Crippen LogP contribution in [-0.2, 0) is 10.8 Å². The van der Waals surface area contributed by atoms with Crippen LogP contribution in [0.2, 0.25) is 0 Å². The minimum atomic E-state index is -0.873. The zero-order valence-corrected chi connectivity index (χ0v) is 13.0. The molecule has 1 heterocycles. The second kappa shape index (κ2) is 5.42. The summed E-state index contributed by atoms with van der Waals surface area (Å²) >= 11 is 0. The lowest BCUT2D eigenvalue weighted by molar-refractivity contribution is 0.428. The maximum Gasteiger partial charge on any atom is 0.0574 e. The van der Waals surface area contributed by atoms with Gasteiger partial charge in [-0.05, 0) is 52.8 Å². The molecule has 1 atom stereocenters. The molecule has 1 nitrogen and oxygen atoms in total. The number of rotatable bonds is 1. The van der Waals surface area contributed by atoms with Gasteiger partial charge in [-0.15, -0.1) is 0 Å². The predicted molar refractivity (Wildman–Crippen MR) is 89.8 cm³/mol. The third-order valence-electron chi connectivity index (χ3n) is 4.90. The largest absolute Gasteiger partial charge is 0.254 e. The van der Waals surface area contributed by atoms with Gasteiger partial charge in [0.1, 0.15) is 0 Å². The van der Waals surface area contributed by atoms with E-state index < -0.39 is 10.8 Å². The van der Waals surface area contributed by atoms with Crippen molar-refractivity contribution in [2.24, 2.45) is 5.92 Å². The van der Waals surface area contributed by atoms with Crippen molar-refractivity contribution in [2.45, 2.75) is 37.0 Å². The lowest BCUT2D eigenvalue weighted by Crippen LogP contribution is -2.15. The van der Waals surface area contributed by atoms with E-state index in [1.807, 2.05) is 0 Å². The van der Waals surface area contributed by atoms with Gasteiger partial charge in [-0.1, -0.05) is 49.6 Å². The van der Waals surface area contributed by atoms with Crippen LogP contribution in [0.5, 0.6) is 0 Å². The Balaban J connectivity index is 1.86. The molecule has 0 amide bonds. The fourth-order valence-corrected chi connectivity index (χ4v) is 4.99. The van der Waals surface area contributed by atoms with Crippen molar-refractivity contribution in [3.05, 3.63) is 48.0 Å². The van der Waals surface area contributed by atoms with E-state index in [1.54, 1.807) is 0 Å². The second-order valence-corrected chi connectivity index (χ2v) is 7.67. The van der Waals surface area contributed by atoms with Gasteiger partial charge in [-0.25, -0.2) is 0 Å². The van der Waals surface area contributed by atoms with E-state index in [-0.39, 0.29) is 0 Å². The van der Waals surface area contributed by atoms with Gasteiger partial charge in [0.15, 0.2) is 0 Å². The van der Waals surface area contributed by atoms with E-state index in [0.717, 1.165) is 4.90 Å². The van der Waals surface area contributed by atoms with Crippen LogP contribution in [-0.4, -0.2) is 9.96 Å². The van der Waals surface area contributed by atoms with E-state index >= 15 is 0 Å². The van der Waals surface area contributed by atoms with Crippen molar-refractivity contribution in [1.82, 2.24) is 0 Å². The summed E-state index contributed by atoms with van der Waals surface area (Å²) in [7, 11) is -0.873. The third kappa shape index (κ3) is 2.36. The number of fused-ring (bicyclic) bond motifs is 2. The van der Waals surface area contributed by atoms with E-state index in [0.29, 0.717) is 11.7 Å². The van der Waals surface area contributed by atoms with Crippen molar-refractivity contribution in [3.63, 3.8) is 0 Å². The molecular formula is C19H20OS. The summed E-state index contributed by atoms with van der Waals surface area (Å²) in [5.74, 6) is 1.37. The van der Waals surface area contributed by atoms with Crippen LogP contribution in [0, 0.1) is 5.92 Å². The fourth-order valence-electron chi connectivity index (χ4n) is 3.80. The minimum absolute atomic E-state index is 0.677. The maximum atomic E-state index is 12.4. The molecule has 0 spiro atoms. The van der Waals surface area contributed by atoms with Crippen LogP contribution >= 0.6 is 0 Å². The zero-order valence-electron chi connectivity index (χ0n) is 12.2.